The maximum atomic E-state index is 4.42. The van der Waals surface area contributed by atoms with E-state index in [0.717, 1.165) is 19.1 Å². The number of aliphatic imine (C=N–C) groups is 1. The topological polar surface area (TPSA) is 15.6 Å². The van der Waals surface area contributed by atoms with Crippen molar-refractivity contribution >= 4 is 5.84 Å². The van der Waals surface area contributed by atoms with Crippen LogP contribution < -0.4 is 0 Å². The molecule has 64 valence electrons. The molecule has 0 spiro atoms. The van der Waals surface area contributed by atoms with Crippen LogP contribution in [0.5, 0.6) is 0 Å². The normalized spacial score (nSPS) is 25.2. The van der Waals surface area contributed by atoms with E-state index < -0.39 is 0 Å². The first kappa shape index (κ1) is 8.57. The number of hydrogen-bond acceptors (Lipinski definition) is 2. The molecule has 0 bridgehead atoms. The van der Waals surface area contributed by atoms with Crippen LogP contribution in [0.2, 0.25) is 0 Å². The van der Waals surface area contributed by atoms with Gasteiger partial charge in [-0.15, -0.1) is 0 Å². The Labute approximate surface area is 69.3 Å². The third kappa shape index (κ3) is 1.73. The van der Waals surface area contributed by atoms with Crippen molar-refractivity contribution in [3.8, 4) is 0 Å². The molecule has 1 aliphatic rings. The van der Waals surface area contributed by atoms with Gasteiger partial charge in [-0.2, -0.15) is 0 Å². The second-order valence-corrected chi connectivity index (χ2v) is 3.07. The molecule has 0 radical (unpaired) electrons. The molecule has 2 heteroatoms. The quantitative estimate of drug-likeness (QED) is 0.593. The highest BCUT2D eigenvalue weighted by atomic mass is 15.2. The maximum Gasteiger partial charge on any atom is 0.0959 e. The predicted molar refractivity (Wildman–Crippen MR) is 49.1 cm³/mol. The van der Waals surface area contributed by atoms with Crippen molar-refractivity contribution in [3.05, 3.63) is 0 Å². The minimum Gasteiger partial charge on any atom is -0.358 e. The third-order valence-electron chi connectivity index (χ3n) is 2.47. The Hall–Kier alpha value is -0.530. The van der Waals surface area contributed by atoms with Crippen LogP contribution in [0.3, 0.4) is 0 Å². The highest BCUT2D eigenvalue weighted by Gasteiger charge is 2.18. The molecule has 1 rings (SSSR count). The fourth-order valence-corrected chi connectivity index (χ4v) is 1.80. The SMILES string of the molecule is CCC1CCN=C(C)N1CC. The smallest absolute Gasteiger partial charge is 0.0959 e. The minimum atomic E-state index is 0.748. The van der Waals surface area contributed by atoms with Gasteiger partial charge in [0.25, 0.3) is 0 Å². The van der Waals surface area contributed by atoms with E-state index in [-0.39, 0.29) is 0 Å². The molecule has 0 fully saturated rings. The first-order chi connectivity index (χ1) is 5.29. The van der Waals surface area contributed by atoms with Crippen LogP contribution in [0.4, 0.5) is 0 Å². The molecule has 1 unspecified atom stereocenters. The lowest BCUT2D eigenvalue weighted by atomic mass is 10.1. The Morgan fingerprint density at radius 3 is 2.73 bits per heavy atom. The van der Waals surface area contributed by atoms with E-state index in [0.29, 0.717) is 0 Å². The molecule has 11 heavy (non-hydrogen) atoms. The van der Waals surface area contributed by atoms with Crippen LogP contribution in [0.15, 0.2) is 4.99 Å². The van der Waals surface area contributed by atoms with E-state index >= 15 is 0 Å². The van der Waals surface area contributed by atoms with Gasteiger partial charge in [0.05, 0.1) is 5.84 Å². The molecule has 2 nitrogen and oxygen atoms in total. The van der Waals surface area contributed by atoms with Gasteiger partial charge < -0.3 is 4.90 Å². The summed E-state index contributed by atoms with van der Waals surface area (Å²) in [6.45, 7) is 8.71. The lowest BCUT2D eigenvalue weighted by molar-refractivity contribution is 0.285. The number of rotatable bonds is 2. The van der Waals surface area contributed by atoms with Crippen molar-refractivity contribution in [1.82, 2.24) is 4.90 Å². The molecule has 0 aromatic carbocycles. The Morgan fingerprint density at radius 1 is 1.55 bits per heavy atom. The van der Waals surface area contributed by atoms with Crippen molar-refractivity contribution in [2.45, 2.75) is 39.7 Å². The van der Waals surface area contributed by atoms with Gasteiger partial charge in [-0.3, -0.25) is 4.99 Å². The van der Waals surface area contributed by atoms with E-state index in [1.54, 1.807) is 0 Å². The van der Waals surface area contributed by atoms with Gasteiger partial charge in [-0.25, -0.2) is 0 Å². The highest BCUT2D eigenvalue weighted by molar-refractivity contribution is 5.80. The van der Waals surface area contributed by atoms with Gasteiger partial charge in [-0.1, -0.05) is 6.92 Å². The van der Waals surface area contributed by atoms with Gasteiger partial charge in [0.2, 0.25) is 0 Å². The number of nitrogens with zero attached hydrogens (tertiary/aromatic N) is 2. The monoisotopic (exact) mass is 154 g/mol. The lowest BCUT2D eigenvalue weighted by Gasteiger charge is -2.34. The van der Waals surface area contributed by atoms with Crippen molar-refractivity contribution < 1.29 is 0 Å². The molecule has 0 aromatic heterocycles. The Balaban J connectivity index is 2.63. The lowest BCUT2D eigenvalue weighted by Crippen LogP contribution is -2.41. The van der Waals surface area contributed by atoms with E-state index in [1.165, 1.54) is 18.7 Å². The molecular formula is C9H18N2. The molecule has 0 saturated heterocycles. The Bertz CT molecular complexity index is 152. The van der Waals surface area contributed by atoms with Crippen molar-refractivity contribution in [2.24, 2.45) is 4.99 Å². The summed E-state index contributed by atoms with van der Waals surface area (Å²) in [4.78, 5) is 6.83. The van der Waals surface area contributed by atoms with E-state index in [1.807, 2.05) is 0 Å². The summed E-state index contributed by atoms with van der Waals surface area (Å²) in [6, 6.07) is 0.748. The second kappa shape index (κ2) is 3.74. The minimum absolute atomic E-state index is 0.748. The van der Waals surface area contributed by atoms with Gasteiger partial charge in [0.15, 0.2) is 0 Å². The Kier molecular flexibility index (Phi) is 2.92. The van der Waals surface area contributed by atoms with E-state index in [9.17, 15) is 0 Å². The molecule has 0 amide bonds. The van der Waals surface area contributed by atoms with Crippen LogP contribution in [0.25, 0.3) is 0 Å². The molecular weight excluding hydrogens is 136 g/mol. The summed E-state index contributed by atoms with van der Waals surface area (Å²) < 4.78 is 0. The molecule has 0 N–H and O–H groups in total. The zero-order chi connectivity index (χ0) is 8.27. The fraction of sp³-hybridized carbons (Fsp3) is 0.889. The number of hydrogen-bond donors (Lipinski definition) is 0. The highest BCUT2D eigenvalue weighted by Crippen LogP contribution is 2.13. The van der Waals surface area contributed by atoms with Crippen LogP contribution in [0, 0.1) is 0 Å². The van der Waals surface area contributed by atoms with E-state index in [2.05, 4.69) is 30.7 Å². The van der Waals surface area contributed by atoms with E-state index in [4.69, 9.17) is 0 Å². The molecule has 0 saturated carbocycles. The zero-order valence-electron chi connectivity index (χ0n) is 7.80. The maximum absolute atomic E-state index is 4.42. The Morgan fingerprint density at radius 2 is 2.27 bits per heavy atom. The molecule has 1 atom stereocenters. The van der Waals surface area contributed by atoms with Crippen molar-refractivity contribution in [3.63, 3.8) is 0 Å². The van der Waals surface area contributed by atoms with Gasteiger partial charge in [0, 0.05) is 19.1 Å². The molecule has 1 aliphatic heterocycles. The van der Waals surface area contributed by atoms with Crippen LogP contribution in [0.1, 0.15) is 33.6 Å². The first-order valence-electron chi connectivity index (χ1n) is 4.57. The average Bonchev–Trinajstić information content (AvgIpc) is 2.04. The van der Waals surface area contributed by atoms with Crippen LogP contribution in [-0.4, -0.2) is 29.9 Å². The largest absolute Gasteiger partial charge is 0.358 e. The van der Waals surface area contributed by atoms with Gasteiger partial charge in [-0.05, 0) is 26.7 Å². The predicted octanol–water partition coefficient (Wildman–Crippen LogP) is 1.91. The van der Waals surface area contributed by atoms with Gasteiger partial charge in [0.1, 0.15) is 0 Å². The summed E-state index contributed by atoms with van der Waals surface area (Å²) in [5.41, 5.74) is 0. The zero-order valence-corrected chi connectivity index (χ0v) is 7.80. The molecule has 0 aliphatic carbocycles. The van der Waals surface area contributed by atoms with Crippen molar-refractivity contribution in [1.29, 1.82) is 0 Å². The van der Waals surface area contributed by atoms with Gasteiger partial charge >= 0.3 is 0 Å². The molecule has 0 aromatic rings. The summed E-state index contributed by atoms with van der Waals surface area (Å²) in [5.74, 6) is 1.23. The first-order valence-corrected chi connectivity index (χ1v) is 4.57. The summed E-state index contributed by atoms with van der Waals surface area (Å²) in [6.07, 6.45) is 2.49. The molecule has 1 heterocycles. The van der Waals surface area contributed by atoms with Crippen LogP contribution >= 0.6 is 0 Å². The fourth-order valence-electron chi connectivity index (χ4n) is 1.80. The number of amidine groups is 1. The van der Waals surface area contributed by atoms with Crippen LogP contribution in [-0.2, 0) is 0 Å². The second-order valence-electron chi connectivity index (χ2n) is 3.07. The summed E-state index contributed by atoms with van der Waals surface area (Å²) in [7, 11) is 0. The summed E-state index contributed by atoms with van der Waals surface area (Å²) >= 11 is 0. The summed E-state index contributed by atoms with van der Waals surface area (Å²) in [5, 5.41) is 0. The third-order valence-corrected chi connectivity index (χ3v) is 2.47. The standard InChI is InChI=1S/C9H18N2/c1-4-9-6-7-10-8(3)11(9)5-2/h9H,4-7H2,1-3H3. The average molecular weight is 154 g/mol. The van der Waals surface area contributed by atoms with Crippen molar-refractivity contribution in [2.75, 3.05) is 13.1 Å².